The standard InChI is InChI=1S/C19H16N2O6S/c20-12-15(18(22)23)3-1-2-14-10-13-4-5-16(11-17(13)27-19(14)24)21-6-8-28(25,26)9-7-21/h1-5,10-11H,6-9H2,(H,22,23)/b2-1+,15-3?. The lowest BCUT2D eigenvalue weighted by Crippen LogP contribution is -2.40. The van der Waals surface area contributed by atoms with E-state index in [0.29, 0.717) is 24.1 Å². The van der Waals surface area contributed by atoms with E-state index < -0.39 is 27.0 Å². The summed E-state index contributed by atoms with van der Waals surface area (Å²) >= 11 is 0. The molecule has 0 bridgehead atoms. The summed E-state index contributed by atoms with van der Waals surface area (Å²) < 4.78 is 28.5. The summed E-state index contributed by atoms with van der Waals surface area (Å²) in [7, 11) is -2.99. The van der Waals surface area contributed by atoms with Crippen LogP contribution in [0.5, 0.6) is 0 Å². The highest BCUT2D eigenvalue weighted by molar-refractivity contribution is 7.91. The highest BCUT2D eigenvalue weighted by atomic mass is 32.2. The number of nitriles is 1. The van der Waals surface area contributed by atoms with E-state index in [-0.39, 0.29) is 17.1 Å². The molecular weight excluding hydrogens is 384 g/mol. The van der Waals surface area contributed by atoms with Crippen LogP contribution in [0.1, 0.15) is 5.56 Å². The Hall–Kier alpha value is -3.38. The van der Waals surface area contributed by atoms with Crippen molar-refractivity contribution in [1.82, 2.24) is 0 Å². The fourth-order valence-corrected chi connectivity index (χ4v) is 4.01. The van der Waals surface area contributed by atoms with E-state index in [1.165, 1.54) is 12.2 Å². The summed E-state index contributed by atoms with van der Waals surface area (Å²) in [5.74, 6) is -1.17. The Morgan fingerprint density at radius 3 is 2.61 bits per heavy atom. The Morgan fingerprint density at radius 1 is 1.25 bits per heavy atom. The monoisotopic (exact) mass is 400 g/mol. The van der Waals surface area contributed by atoms with E-state index >= 15 is 0 Å². The molecule has 1 aromatic heterocycles. The normalized spacial score (nSPS) is 17.0. The smallest absolute Gasteiger partial charge is 0.346 e. The first-order valence-corrected chi connectivity index (χ1v) is 10.2. The molecule has 3 rings (SSSR count). The van der Waals surface area contributed by atoms with Crippen LogP contribution >= 0.6 is 0 Å². The molecule has 0 saturated carbocycles. The molecule has 1 N–H and O–H groups in total. The molecule has 0 spiro atoms. The number of allylic oxidation sites excluding steroid dienone is 2. The number of carbonyl (C=O) groups is 1. The molecule has 1 fully saturated rings. The molecule has 2 heterocycles. The van der Waals surface area contributed by atoms with Gasteiger partial charge in [-0.2, -0.15) is 5.26 Å². The quantitative estimate of drug-likeness (QED) is 0.354. The second-order valence-electron chi connectivity index (χ2n) is 6.21. The molecule has 1 aliphatic heterocycles. The van der Waals surface area contributed by atoms with Gasteiger partial charge in [-0.05, 0) is 30.4 Å². The lowest BCUT2D eigenvalue weighted by molar-refractivity contribution is -0.132. The molecule has 1 saturated heterocycles. The van der Waals surface area contributed by atoms with Crippen LogP contribution in [0.15, 0.2) is 51.2 Å². The lowest BCUT2D eigenvalue weighted by Gasteiger charge is -2.28. The predicted octanol–water partition coefficient (Wildman–Crippen LogP) is 1.58. The Kier molecular flexibility index (Phi) is 5.33. The molecule has 0 aliphatic carbocycles. The van der Waals surface area contributed by atoms with E-state index in [4.69, 9.17) is 14.8 Å². The van der Waals surface area contributed by atoms with E-state index in [1.54, 1.807) is 24.3 Å². The summed E-state index contributed by atoms with van der Waals surface area (Å²) in [5, 5.41) is 18.1. The molecule has 0 amide bonds. The van der Waals surface area contributed by atoms with Crippen molar-refractivity contribution in [2.24, 2.45) is 0 Å². The summed E-state index contributed by atoms with van der Waals surface area (Å²) in [4.78, 5) is 24.9. The summed E-state index contributed by atoms with van der Waals surface area (Å²) in [5.41, 5.74) is 0.297. The Labute approximate surface area is 160 Å². The Balaban J connectivity index is 1.88. The number of anilines is 1. The number of rotatable bonds is 4. The van der Waals surface area contributed by atoms with Crippen LogP contribution in [0, 0.1) is 11.3 Å². The van der Waals surface area contributed by atoms with Crippen LogP contribution in [-0.4, -0.2) is 44.1 Å². The predicted molar refractivity (Wildman–Crippen MR) is 104 cm³/mol. The maximum Gasteiger partial charge on any atom is 0.346 e. The average Bonchev–Trinajstić information content (AvgIpc) is 2.65. The van der Waals surface area contributed by atoms with Gasteiger partial charge >= 0.3 is 11.6 Å². The van der Waals surface area contributed by atoms with E-state index in [1.807, 2.05) is 11.0 Å². The van der Waals surface area contributed by atoms with E-state index in [9.17, 15) is 18.0 Å². The summed E-state index contributed by atoms with van der Waals surface area (Å²) in [6, 6.07) is 8.43. The van der Waals surface area contributed by atoms with Gasteiger partial charge in [-0.25, -0.2) is 18.0 Å². The molecule has 0 radical (unpaired) electrons. The van der Waals surface area contributed by atoms with E-state index in [0.717, 1.165) is 11.8 Å². The second-order valence-corrected chi connectivity index (χ2v) is 8.51. The van der Waals surface area contributed by atoms with Gasteiger partial charge in [0.05, 0.1) is 17.1 Å². The van der Waals surface area contributed by atoms with Crippen molar-refractivity contribution in [1.29, 1.82) is 5.26 Å². The summed E-state index contributed by atoms with van der Waals surface area (Å²) in [6.45, 7) is 0.770. The highest BCUT2D eigenvalue weighted by Crippen LogP contribution is 2.23. The topological polar surface area (TPSA) is 129 Å². The third kappa shape index (κ3) is 4.29. The Morgan fingerprint density at radius 2 is 1.96 bits per heavy atom. The largest absolute Gasteiger partial charge is 0.477 e. The maximum absolute atomic E-state index is 12.2. The maximum atomic E-state index is 12.2. The van der Waals surface area contributed by atoms with Gasteiger partial charge in [-0.1, -0.05) is 6.08 Å². The first kappa shape index (κ1) is 19.4. The molecule has 0 atom stereocenters. The number of sulfone groups is 1. The molecule has 9 heteroatoms. The van der Waals surface area contributed by atoms with Gasteiger partial charge < -0.3 is 14.4 Å². The van der Waals surface area contributed by atoms with Crippen molar-refractivity contribution < 1.29 is 22.7 Å². The zero-order valence-corrected chi connectivity index (χ0v) is 15.5. The van der Waals surface area contributed by atoms with Crippen molar-refractivity contribution in [2.75, 3.05) is 29.5 Å². The van der Waals surface area contributed by atoms with Crippen molar-refractivity contribution in [3.8, 4) is 6.07 Å². The minimum absolute atomic E-state index is 0.0905. The zero-order chi connectivity index (χ0) is 20.3. The van der Waals surface area contributed by atoms with Crippen LogP contribution in [0.4, 0.5) is 5.69 Å². The van der Waals surface area contributed by atoms with Gasteiger partial charge in [0.1, 0.15) is 17.2 Å². The molecule has 0 unspecified atom stereocenters. The molecule has 8 nitrogen and oxygen atoms in total. The molecule has 1 aliphatic rings. The molecule has 2 aromatic rings. The van der Waals surface area contributed by atoms with Gasteiger partial charge in [-0.15, -0.1) is 0 Å². The lowest BCUT2D eigenvalue weighted by atomic mass is 10.1. The van der Waals surface area contributed by atoms with Crippen molar-refractivity contribution >= 4 is 38.5 Å². The van der Waals surface area contributed by atoms with Crippen LogP contribution in [-0.2, 0) is 14.6 Å². The number of nitrogens with zero attached hydrogens (tertiary/aromatic N) is 2. The van der Waals surface area contributed by atoms with Crippen LogP contribution in [0.3, 0.4) is 0 Å². The average molecular weight is 400 g/mol. The third-order valence-electron chi connectivity index (χ3n) is 4.35. The first-order valence-electron chi connectivity index (χ1n) is 8.34. The molecule has 1 aromatic carbocycles. The Bertz CT molecular complexity index is 1190. The number of benzene rings is 1. The first-order chi connectivity index (χ1) is 13.3. The minimum atomic E-state index is -2.99. The SMILES string of the molecule is N#CC(=C/C=C/c1cc2ccc(N3CCS(=O)(=O)CC3)cc2oc1=O)C(=O)O. The number of carboxylic acid groups (broad SMARTS) is 1. The number of carboxylic acids is 1. The van der Waals surface area contributed by atoms with Crippen molar-refractivity contribution in [3.05, 3.63) is 58.0 Å². The zero-order valence-electron chi connectivity index (χ0n) is 14.7. The number of hydrogen-bond acceptors (Lipinski definition) is 7. The molecule has 144 valence electrons. The number of aliphatic carboxylic acids is 1. The fourth-order valence-electron chi connectivity index (χ4n) is 2.80. The van der Waals surface area contributed by atoms with Crippen LogP contribution in [0.2, 0.25) is 0 Å². The summed E-state index contributed by atoms with van der Waals surface area (Å²) in [6.07, 6.45) is 3.77. The van der Waals surface area contributed by atoms with Crippen molar-refractivity contribution in [2.45, 2.75) is 0 Å². The minimum Gasteiger partial charge on any atom is -0.477 e. The number of hydrogen-bond donors (Lipinski definition) is 1. The van der Waals surface area contributed by atoms with Gasteiger partial charge in [0.15, 0.2) is 9.84 Å². The second kappa shape index (κ2) is 7.70. The van der Waals surface area contributed by atoms with Crippen molar-refractivity contribution in [3.63, 3.8) is 0 Å². The van der Waals surface area contributed by atoms with Crippen LogP contribution in [0.25, 0.3) is 17.0 Å². The van der Waals surface area contributed by atoms with Gasteiger partial charge in [0.25, 0.3) is 0 Å². The van der Waals surface area contributed by atoms with Gasteiger partial charge in [-0.3, -0.25) is 0 Å². The van der Waals surface area contributed by atoms with E-state index in [2.05, 4.69) is 0 Å². The molecular formula is C19H16N2O6S. The van der Waals surface area contributed by atoms with Gasteiger partial charge in [0, 0.05) is 30.2 Å². The number of fused-ring (bicyclic) bond motifs is 1. The fraction of sp³-hybridized carbons (Fsp3) is 0.211. The van der Waals surface area contributed by atoms with Crippen LogP contribution < -0.4 is 10.5 Å². The molecule has 28 heavy (non-hydrogen) atoms. The van der Waals surface area contributed by atoms with Gasteiger partial charge in [0.2, 0.25) is 0 Å². The highest BCUT2D eigenvalue weighted by Gasteiger charge is 2.22. The third-order valence-corrected chi connectivity index (χ3v) is 5.95.